The molecule has 0 saturated heterocycles. The molecular weight excluding hydrogens is 536 g/mol. The molecule has 0 spiro atoms. The summed E-state index contributed by atoms with van der Waals surface area (Å²) in [5.74, 6) is 15.1. The average Bonchev–Trinajstić information content (AvgIpc) is 3.10. The molecular formula is C42H30O2. The van der Waals surface area contributed by atoms with Gasteiger partial charge in [0.05, 0.1) is 14.2 Å². The minimum absolute atomic E-state index is 0.822. The van der Waals surface area contributed by atoms with E-state index in [0.29, 0.717) is 0 Å². The Bertz CT molecular complexity index is 1850. The highest BCUT2D eigenvalue weighted by Gasteiger charge is 2.09. The lowest BCUT2D eigenvalue weighted by molar-refractivity contribution is 0.415. The first kappa shape index (κ1) is 28.2. The summed E-state index contributed by atoms with van der Waals surface area (Å²) < 4.78 is 10.8. The van der Waals surface area contributed by atoms with E-state index in [4.69, 9.17) is 9.47 Å². The second kappa shape index (κ2) is 13.3. The van der Waals surface area contributed by atoms with E-state index in [1.807, 2.05) is 84.9 Å². The van der Waals surface area contributed by atoms with E-state index >= 15 is 0 Å². The van der Waals surface area contributed by atoms with Crippen molar-refractivity contribution in [3.8, 4) is 68.6 Å². The number of hydrogen-bond donors (Lipinski definition) is 0. The van der Waals surface area contributed by atoms with Crippen molar-refractivity contribution in [3.63, 3.8) is 0 Å². The molecule has 210 valence electrons. The normalized spacial score (nSPS) is 10.1. The van der Waals surface area contributed by atoms with Crippen LogP contribution in [-0.4, -0.2) is 14.2 Å². The number of ether oxygens (including phenoxy) is 2. The summed E-state index contributed by atoms with van der Waals surface area (Å²) in [5.41, 5.74) is 10.3. The van der Waals surface area contributed by atoms with Crippen LogP contribution in [-0.2, 0) is 0 Å². The molecule has 0 aliphatic rings. The average molecular weight is 567 g/mol. The van der Waals surface area contributed by atoms with Gasteiger partial charge in [0.25, 0.3) is 0 Å². The van der Waals surface area contributed by atoms with Gasteiger partial charge in [0, 0.05) is 22.3 Å². The molecule has 6 aromatic rings. The lowest BCUT2D eigenvalue weighted by Gasteiger charge is -2.12. The van der Waals surface area contributed by atoms with Crippen molar-refractivity contribution in [1.82, 2.24) is 0 Å². The van der Waals surface area contributed by atoms with Crippen LogP contribution in [0.15, 0.2) is 146 Å². The van der Waals surface area contributed by atoms with Crippen LogP contribution < -0.4 is 9.47 Å². The number of hydrogen-bond acceptors (Lipinski definition) is 2. The van der Waals surface area contributed by atoms with Gasteiger partial charge in [-0.25, -0.2) is 0 Å². The molecule has 0 heterocycles. The third-order valence-electron chi connectivity index (χ3n) is 7.30. The van der Waals surface area contributed by atoms with Gasteiger partial charge >= 0.3 is 0 Å². The maximum atomic E-state index is 5.40. The van der Waals surface area contributed by atoms with Crippen molar-refractivity contribution < 1.29 is 9.47 Å². The van der Waals surface area contributed by atoms with Crippen molar-refractivity contribution >= 4 is 0 Å². The lowest BCUT2D eigenvalue weighted by Crippen LogP contribution is -1.90. The van der Waals surface area contributed by atoms with Gasteiger partial charge in [-0.3, -0.25) is 0 Å². The van der Waals surface area contributed by atoms with Crippen LogP contribution in [0.2, 0.25) is 0 Å². The van der Waals surface area contributed by atoms with Gasteiger partial charge in [-0.15, -0.1) is 0 Å². The van der Waals surface area contributed by atoms with E-state index in [9.17, 15) is 0 Å². The van der Waals surface area contributed by atoms with E-state index in [1.54, 1.807) is 14.2 Å². The number of benzene rings is 6. The Kier molecular flexibility index (Phi) is 8.55. The van der Waals surface area contributed by atoms with Crippen LogP contribution in [0, 0.1) is 23.7 Å². The third kappa shape index (κ3) is 6.91. The molecule has 0 aromatic heterocycles. The third-order valence-corrected chi connectivity index (χ3v) is 7.30. The largest absolute Gasteiger partial charge is 0.497 e. The first-order valence-corrected chi connectivity index (χ1v) is 14.4. The van der Waals surface area contributed by atoms with Gasteiger partial charge in [-0.1, -0.05) is 84.3 Å². The molecule has 6 aromatic carbocycles. The van der Waals surface area contributed by atoms with Gasteiger partial charge < -0.3 is 9.47 Å². The monoisotopic (exact) mass is 566 g/mol. The van der Waals surface area contributed by atoms with Crippen LogP contribution in [0.4, 0.5) is 0 Å². The topological polar surface area (TPSA) is 18.5 Å². The van der Waals surface area contributed by atoms with Crippen LogP contribution in [0.5, 0.6) is 11.5 Å². The fourth-order valence-electron chi connectivity index (χ4n) is 4.96. The van der Waals surface area contributed by atoms with E-state index in [1.165, 1.54) is 0 Å². The molecule has 0 aliphatic carbocycles. The fourth-order valence-corrected chi connectivity index (χ4v) is 4.96. The summed E-state index contributed by atoms with van der Waals surface area (Å²) in [4.78, 5) is 0. The summed E-state index contributed by atoms with van der Waals surface area (Å²) in [6.07, 6.45) is 0. The fraction of sp³-hybridized carbons (Fsp3) is 0.0476. The highest BCUT2D eigenvalue weighted by atomic mass is 16.5. The van der Waals surface area contributed by atoms with Crippen molar-refractivity contribution in [2.24, 2.45) is 0 Å². The Balaban J connectivity index is 1.50. The maximum absolute atomic E-state index is 5.40. The van der Waals surface area contributed by atoms with E-state index in [-0.39, 0.29) is 0 Å². The van der Waals surface area contributed by atoms with Crippen molar-refractivity contribution in [2.75, 3.05) is 14.2 Å². The Labute approximate surface area is 259 Å². The molecule has 0 aliphatic heterocycles. The summed E-state index contributed by atoms with van der Waals surface area (Å²) in [6.45, 7) is 0. The predicted octanol–water partition coefficient (Wildman–Crippen LogP) is 9.50. The Morgan fingerprint density at radius 1 is 0.318 bits per heavy atom. The summed E-state index contributed by atoms with van der Waals surface area (Å²) in [7, 11) is 3.36. The molecule has 2 nitrogen and oxygen atoms in total. The minimum atomic E-state index is 0.822. The molecule has 2 heteroatoms. The molecule has 0 fully saturated rings. The second-order valence-electron chi connectivity index (χ2n) is 10.3. The van der Waals surface area contributed by atoms with Crippen molar-refractivity contribution in [3.05, 3.63) is 168 Å². The Hall–Kier alpha value is -5.96. The van der Waals surface area contributed by atoms with E-state index in [0.717, 1.165) is 67.1 Å². The van der Waals surface area contributed by atoms with Gasteiger partial charge in [-0.05, 0) is 118 Å². The van der Waals surface area contributed by atoms with Crippen LogP contribution in [0.3, 0.4) is 0 Å². The molecule has 0 unspecified atom stereocenters. The quantitative estimate of drug-likeness (QED) is 0.194. The molecule has 0 bridgehead atoms. The van der Waals surface area contributed by atoms with E-state index < -0.39 is 0 Å². The molecule has 0 atom stereocenters. The highest BCUT2D eigenvalue weighted by Crippen LogP contribution is 2.33. The summed E-state index contributed by atoms with van der Waals surface area (Å²) >= 11 is 0. The summed E-state index contributed by atoms with van der Waals surface area (Å²) in [6, 6.07) is 49.4. The Morgan fingerprint density at radius 3 is 0.977 bits per heavy atom. The predicted molar refractivity (Wildman–Crippen MR) is 181 cm³/mol. The van der Waals surface area contributed by atoms with Crippen molar-refractivity contribution in [1.29, 1.82) is 0 Å². The Morgan fingerprint density at radius 2 is 0.636 bits per heavy atom. The maximum Gasteiger partial charge on any atom is 0.118 e. The second-order valence-corrected chi connectivity index (χ2v) is 10.3. The first-order valence-electron chi connectivity index (χ1n) is 14.4. The smallest absolute Gasteiger partial charge is 0.118 e. The zero-order chi connectivity index (χ0) is 30.1. The zero-order valence-corrected chi connectivity index (χ0v) is 24.7. The van der Waals surface area contributed by atoms with Gasteiger partial charge in [0.1, 0.15) is 11.5 Å². The molecule has 6 rings (SSSR count). The first-order chi connectivity index (χ1) is 21.7. The van der Waals surface area contributed by atoms with Crippen LogP contribution >= 0.6 is 0 Å². The molecule has 0 radical (unpaired) electrons. The number of rotatable bonds is 5. The number of methoxy groups -OCH3 is 2. The SMILES string of the molecule is COc1ccc(-c2cc(C#Cc3ccccc3)cc(-c3cc(C#Cc4ccccc4)cc(-c4ccc(OC)cc4)c3)c2)cc1. The molecule has 0 amide bonds. The van der Waals surface area contributed by atoms with Gasteiger partial charge in [0.15, 0.2) is 0 Å². The summed E-state index contributed by atoms with van der Waals surface area (Å²) in [5, 5.41) is 0. The zero-order valence-electron chi connectivity index (χ0n) is 24.7. The van der Waals surface area contributed by atoms with Crippen LogP contribution in [0.1, 0.15) is 22.3 Å². The standard InChI is InChI=1S/C42H30O2/c1-43-41-21-17-35(18-22-41)37-25-33(15-13-31-9-5-3-6-10-31)27-39(29-37)40-28-34(16-14-32-11-7-4-8-12-32)26-38(30-40)36-19-23-42(44-2)24-20-36/h3-12,17-30H,1-2H3. The lowest BCUT2D eigenvalue weighted by atomic mass is 9.92. The molecule has 0 saturated carbocycles. The minimum Gasteiger partial charge on any atom is -0.497 e. The van der Waals surface area contributed by atoms with Gasteiger partial charge in [0.2, 0.25) is 0 Å². The van der Waals surface area contributed by atoms with Crippen molar-refractivity contribution in [2.45, 2.75) is 0 Å². The van der Waals surface area contributed by atoms with E-state index in [2.05, 4.69) is 84.3 Å². The molecule has 0 N–H and O–H groups in total. The highest BCUT2D eigenvalue weighted by molar-refractivity contribution is 5.80. The van der Waals surface area contributed by atoms with Gasteiger partial charge in [-0.2, -0.15) is 0 Å². The molecule has 44 heavy (non-hydrogen) atoms. The van der Waals surface area contributed by atoms with Crippen LogP contribution in [0.25, 0.3) is 33.4 Å².